The van der Waals surface area contributed by atoms with Crippen LogP contribution < -0.4 is 10.1 Å². The van der Waals surface area contributed by atoms with E-state index in [-0.39, 0.29) is 12.1 Å². The van der Waals surface area contributed by atoms with E-state index in [9.17, 15) is 4.79 Å². The molecule has 1 aliphatic rings. The van der Waals surface area contributed by atoms with Crippen molar-refractivity contribution in [3.8, 4) is 5.75 Å². The minimum Gasteiger partial charge on any atom is -0.490 e. The Hall–Kier alpha value is -1.55. The molecule has 4 heteroatoms. The molecular weight excluding hydrogens is 242 g/mol. The van der Waals surface area contributed by atoms with Gasteiger partial charge in [-0.3, -0.25) is 0 Å². The predicted molar refractivity (Wildman–Crippen MR) is 73.5 cm³/mol. The Morgan fingerprint density at radius 1 is 1.37 bits per heavy atom. The third-order valence-corrected chi connectivity index (χ3v) is 3.62. The monoisotopic (exact) mass is 263 g/mol. The van der Waals surface area contributed by atoms with Crippen molar-refractivity contribution in [1.29, 1.82) is 0 Å². The van der Waals surface area contributed by atoms with Crippen molar-refractivity contribution in [2.24, 2.45) is 5.92 Å². The number of esters is 1. The zero-order valence-electron chi connectivity index (χ0n) is 11.5. The molecule has 1 aromatic rings. The summed E-state index contributed by atoms with van der Waals surface area (Å²) >= 11 is 0. The standard InChI is InChI=1S/C15H21NO3/c1-11(12-6-8-16-9-7-12)19-14-5-3-4-13(10-14)15(17)18-2/h3-5,10-12,16H,6-9H2,1-2H3. The predicted octanol–water partition coefficient (Wildman–Crippen LogP) is 2.24. The van der Waals surface area contributed by atoms with Gasteiger partial charge in [0.1, 0.15) is 5.75 Å². The summed E-state index contributed by atoms with van der Waals surface area (Å²) in [4.78, 5) is 11.5. The van der Waals surface area contributed by atoms with Crippen LogP contribution in [0.3, 0.4) is 0 Å². The third kappa shape index (κ3) is 3.70. The molecule has 0 bridgehead atoms. The second kappa shape index (κ2) is 6.57. The van der Waals surface area contributed by atoms with E-state index in [0.29, 0.717) is 11.5 Å². The van der Waals surface area contributed by atoms with E-state index in [2.05, 4.69) is 12.2 Å². The van der Waals surface area contributed by atoms with Crippen LogP contribution in [0.5, 0.6) is 5.75 Å². The largest absolute Gasteiger partial charge is 0.490 e. The Kier molecular flexibility index (Phi) is 4.80. The summed E-state index contributed by atoms with van der Waals surface area (Å²) in [5, 5.41) is 3.35. The Morgan fingerprint density at radius 3 is 2.79 bits per heavy atom. The summed E-state index contributed by atoms with van der Waals surface area (Å²) in [5.41, 5.74) is 0.525. The second-order valence-electron chi connectivity index (χ2n) is 4.93. The fraction of sp³-hybridized carbons (Fsp3) is 0.533. The van der Waals surface area contributed by atoms with Crippen LogP contribution in [0.15, 0.2) is 24.3 Å². The van der Waals surface area contributed by atoms with Crippen LogP contribution in [0.4, 0.5) is 0 Å². The highest BCUT2D eigenvalue weighted by Crippen LogP contribution is 2.22. The van der Waals surface area contributed by atoms with E-state index in [1.54, 1.807) is 12.1 Å². The summed E-state index contributed by atoms with van der Waals surface area (Å²) in [7, 11) is 1.38. The van der Waals surface area contributed by atoms with Crippen LogP contribution >= 0.6 is 0 Å². The smallest absolute Gasteiger partial charge is 0.337 e. The summed E-state index contributed by atoms with van der Waals surface area (Å²) < 4.78 is 10.7. The summed E-state index contributed by atoms with van der Waals surface area (Å²) in [6, 6.07) is 7.16. The van der Waals surface area contributed by atoms with Gasteiger partial charge in [0, 0.05) is 0 Å². The minimum absolute atomic E-state index is 0.162. The maximum Gasteiger partial charge on any atom is 0.337 e. The number of nitrogens with one attached hydrogen (secondary N) is 1. The topological polar surface area (TPSA) is 47.6 Å². The highest BCUT2D eigenvalue weighted by molar-refractivity contribution is 5.89. The Bertz CT molecular complexity index is 427. The van der Waals surface area contributed by atoms with Gasteiger partial charge in [0.15, 0.2) is 0 Å². The van der Waals surface area contributed by atoms with Gasteiger partial charge in [-0.05, 0) is 57.0 Å². The molecule has 1 aliphatic heterocycles. The van der Waals surface area contributed by atoms with Crippen molar-refractivity contribution >= 4 is 5.97 Å². The fourth-order valence-corrected chi connectivity index (χ4v) is 2.44. The first-order chi connectivity index (χ1) is 9.20. The number of benzene rings is 1. The van der Waals surface area contributed by atoms with Crippen molar-refractivity contribution < 1.29 is 14.3 Å². The molecule has 1 saturated heterocycles. The molecule has 4 nitrogen and oxygen atoms in total. The number of hydrogen-bond acceptors (Lipinski definition) is 4. The maximum atomic E-state index is 11.5. The van der Waals surface area contributed by atoms with Gasteiger partial charge < -0.3 is 14.8 Å². The summed E-state index contributed by atoms with van der Waals surface area (Å²) in [5.74, 6) is 0.969. The lowest BCUT2D eigenvalue weighted by atomic mass is 9.93. The van der Waals surface area contributed by atoms with Crippen molar-refractivity contribution in [2.75, 3.05) is 20.2 Å². The molecule has 1 fully saturated rings. The summed E-state index contributed by atoms with van der Waals surface area (Å²) in [6.07, 6.45) is 2.44. The van der Waals surface area contributed by atoms with Crippen molar-refractivity contribution in [3.05, 3.63) is 29.8 Å². The normalized spacial score (nSPS) is 17.8. The lowest BCUT2D eigenvalue weighted by molar-refractivity contribution is 0.0599. The molecule has 2 rings (SSSR count). The fourth-order valence-electron chi connectivity index (χ4n) is 2.44. The maximum absolute atomic E-state index is 11.5. The average Bonchev–Trinajstić information content (AvgIpc) is 2.47. The van der Waals surface area contributed by atoms with Crippen LogP contribution in [0, 0.1) is 5.92 Å². The Morgan fingerprint density at radius 2 is 2.11 bits per heavy atom. The molecule has 0 spiro atoms. The molecular formula is C15H21NO3. The third-order valence-electron chi connectivity index (χ3n) is 3.62. The quantitative estimate of drug-likeness (QED) is 0.846. The van der Waals surface area contributed by atoms with E-state index in [1.807, 2.05) is 12.1 Å². The first kappa shape index (κ1) is 13.9. The lowest BCUT2D eigenvalue weighted by Gasteiger charge is -2.28. The first-order valence-electron chi connectivity index (χ1n) is 6.76. The van der Waals surface area contributed by atoms with E-state index in [1.165, 1.54) is 7.11 Å². The Balaban J connectivity index is 1.99. The van der Waals surface area contributed by atoms with Crippen molar-refractivity contribution in [3.63, 3.8) is 0 Å². The van der Waals surface area contributed by atoms with E-state index in [4.69, 9.17) is 9.47 Å². The number of rotatable bonds is 4. The number of ether oxygens (including phenoxy) is 2. The molecule has 1 atom stereocenters. The summed E-state index contributed by atoms with van der Waals surface area (Å²) in [6.45, 7) is 4.21. The number of carbonyl (C=O) groups excluding carboxylic acids is 1. The van der Waals surface area contributed by atoms with Gasteiger partial charge in [-0.2, -0.15) is 0 Å². The zero-order chi connectivity index (χ0) is 13.7. The molecule has 0 amide bonds. The van der Waals surface area contributed by atoms with Gasteiger partial charge in [-0.25, -0.2) is 4.79 Å². The molecule has 1 N–H and O–H groups in total. The van der Waals surface area contributed by atoms with Gasteiger partial charge in [-0.1, -0.05) is 6.07 Å². The van der Waals surface area contributed by atoms with Crippen molar-refractivity contribution in [2.45, 2.75) is 25.9 Å². The van der Waals surface area contributed by atoms with Gasteiger partial charge in [-0.15, -0.1) is 0 Å². The molecule has 104 valence electrons. The highest BCUT2D eigenvalue weighted by atomic mass is 16.5. The highest BCUT2D eigenvalue weighted by Gasteiger charge is 2.21. The molecule has 0 radical (unpaired) electrons. The zero-order valence-corrected chi connectivity index (χ0v) is 11.5. The van der Waals surface area contributed by atoms with Gasteiger partial charge in [0.25, 0.3) is 0 Å². The average molecular weight is 263 g/mol. The van der Waals surface area contributed by atoms with Gasteiger partial charge in [0.2, 0.25) is 0 Å². The number of methoxy groups -OCH3 is 1. The van der Waals surface area contributed by atoms with Crippen LogP contribution in [0.1, 0.15) is 30.1 Å². The molecule has 1 heterocycles. The van der Waals surface area contributed by atoms with Gasteiger partial charge >= 0.3 is 5.97 Å². The molecule has 1 unspecified atom stereocenters. The first-order valence-corrected chi connectivity index (χ1v) is 6.76. The second-order valence-corrected chi connectivity index (χ2v) is 4.93. The number of carbonyl (C=O) groups is 1. The Labute approximate surface area is 114 Å². The van der Waals surface area contributed by atoms with Gasteiger partial charge in [0.05, 0.1) is 18.8 Å². The van der Waals surface area contributed by atoms with E-state index < -0.39 is 0 Å². The molecule has 0 aliphatic carbocycles. The van der Waals surface area contributed by atoms with Crippen LogP contribution in [-0.4, -0.2) is 32.3 Å². The number of hydrogen-bond donors (Lipinski definition) is 1. The van der Waals surface area contributed by atoms with E-state index >= 15 is 0 Å². The van der Waals surface area contributed by atoms with Crippen LogP contribution in [0.25, 0.3) is 0 Å². The van der Waals surface area contributed by atoms with Crippen LogP contribution in [0.2, 0.25) is 0 Å². The minimum atomic E-state index is -0.333. The van der Waals surface area contributed by atoms with E-state index in [0.717, 1.165) is 31.7 Å². The SMILES string of the molecule is COC(=O)c1cccc(OC(C)C2CCNCC2)c1. The lowest BCUT2D eigenvalue weighted by Crippen LogP contribution is -2.35. The molecule has 1 aromatic carbocycles. The van der Waals surface area contributed by atoms with Crippen molar-refractivity contribution in [1.82, 2.24) is 5.32 Å². The molecule has 19 heavy (non-hydrogen) atoms. The molecule has 0 saturated carbocycles. The molecule has 0 aromatic heterocycles. The number of piperidine rings is 1. The van der Waals surface area contributed by atoms with Crippen LogP contribution in [-0.2, 0) is 4.74 Å².